The molecule has 2 N–H and O–H groups in total. The number of carbonyl (C=O) groups is 1. The van der Waals surface area contributed by atoms with Crippen molar-refractivity contribution in [2.45, 2.75) is 44.9 Å². The summed E-state index contributed by atoms with van der Waals surface area (Å²) < 4.78 is 5.34. The van der Waals surface area contributed by atoms with Crippen molar-refractivity contribution < 1.29 is 9.32 Å². The van der Waals surface area contributed by atoms with E-state index in [0.29, 0.717) is 24.8 Å². The number of piperidine rings is 1. The monoisotopic (exact) mass is 320 g/mol. The van der Waals surface area contributed by atoms with Gasteiger partial charge in [-0.25, -0.2) is 9.89 Å². The average Bonchev–Trinajstić information content (AvgIpc) is 3.17. The molecule has 1 amide bonds. The van der Waals surface area contributed by atoms with Gasteiger partial charge in [0.2, 0.25) is 11.8 Å². The van der Waals surface area contributed by atoms with Gasteiger partial charge < -0.3 is 9.42 Å². The van der Waals surface area contributed by atoms with Gasteiger partial charge in [-0.1, -0.05) is 19.0 Å². The summed E-state index contributed by atoms with van der Waals surface area (Å²) in [6, 6.07) is 0. The highest BCUT2D eigenvalue weighted by molar-refractivity contribution is 5.78. The summed E-state index contributed by atoms with van der Waals surface area (Å²) in [5.74, 6) is 2.15. The molecule has 0 unspecified atom stereocenters. The molecule has 1 saturated heterocycles. The number of hydrogen-bond donors (Lipinski definition) is 2. The Balaban J connectivity index is 1.55. The van der Waals surface area contributed by atoms with Gasteiger partial charge in [-0.2, -0.15) is 10.1 Å². The molecule has 0 aliphatic carbocycles. The highest BCUT2D eigenvalue weighted by Gasteiger charge is 2.28. The SMILES string of the molecule is CC(C)c1noc(C2CCN(C(=O)Cc3n[nH]c(=O)[nH]3)CC2)n1. The van der Waals surface area contributed by atoms with E-state index in [1.165, 1.54) is 0 Å². The van der Waals surface area contributed by atoms with Crippen LogP contribution in [-0.2, 0) is 11.2 Å². The van der Waals surface area contributed by atoms with Crippen LogP contribution in [0.5, 0.6) is 0 Å². The molecule has 9 heteroatoms. The number of carbonyl (C=O) groups excluding carboxylic acids is 1. The lowest BCUT2D eigenvalue weighted by molar-refractivity contribution is -0.131. The van der Waals surface area contributed by atoms with Gasteiger partial charge in [0.25, 0.3) is 0 Å². The zero-order valence-corrected chi connectivity index (χ0v) is 13.2. The molecule has 0 spiro atoms. The third kappa shape index (κ3) is 3.49. The molecular formula is C14H20N6O3. The lowest BCUT2D eigenvalue weighted by Crippen LogP contribution is -2.39. The Morgan fingerprint density at radius 2 is 2.13 bits per heavy atom. The number of aromatic nitrogens is 5. The van der Waals surface area contributed by atoms with E-state index in [1.807, 2.05) is 13.8 Å². The van der Waals surface area contributed by atoms with Crippen molar-refractivity contribution in [1.82, 2.24) is 30.2 Å². The van der Waals surface area contributed by atoms with Gasteiger partial charge in [0.15, 0.2) is 5.82 Å². The Morgan fingerprint density at radius 3 is 2.70 bits per heavy atom. The van der Waals surface area contributed by atoms with Crippen LogP contribution in [0, 0.1) is 0 Å². The Hall–Kier alpha value is -2.45. The molecule has 0 bridgehead atoms. The summed E-state index contributed by atoms with van der Waals surface area (Å²) in [6.07, 6.45) is 1.69. The summed E-state index contributed by atoms with van der Waals surface area (Å²) in [7, 11) is 0. The van der Waals surface area contributed by atoms with Gasteiger partial charge in [0.05, 0.1) is 6.42 Å². The van der Waals surface area contributed by atoms with Gasteiger partial charge in [-0.05, 0) is 12.8 Å². The number of nitrogens with one attached hydrogen (secondary N) is 2. The van der Waals surface area contributed by atoms with Crippen LogP contribution in [0.3, 0.4) is 0 Å². The first-order chi connectivity index (χ1) is 11.0. The fourth-order valence-electron chi connectivity index (χ4n) is 2.67. The smallest absolute Gasteiger partial charge is 0.340 e. The van der Waals surface area contributed by atoms with Crippen molar-refractivity contribution in [2.75, 3.05) is 13.1 Å². The highest BCUT2D eigenvalue weighted by Crippen LogP contribution is 2.27. The largest absolute Gasteiger partial charge is 0.342 e. The molecule has 1 aliphatic heterocycles. The van der Waals surface area contributed by atoms with E-state index in [2.05, 4.69) is 25.3 Å². The zero-order chi connectivity index (χ0) is 16.4. The molecular weight excluding hydrogens is 300 g/mol. The molecule has 1 aliphatic rings. The Labute approximate surface area is 132 Å². The zero-order valence-electron chi connectivity index (χ0n) is 13.2. The molecule has 2 aromatic rings. The van der Waals surface area contributed by atoms with E-state index in [0.717, 1.165) is 18.7 Å². The Morgan fingerprint density at radius 1 is 1.39 bits per heavy atom. The number of likely N-dealkylation sites (tertiary alicyclic amines) is 1. The van der Waals surface area contributed by atoms with Crippen LogP contribution in [0.1, 0.15) is 56.1 Å². The van der Waals surface area contributed by atoms with E-state index in [4.69, 9.17) is 4.52 Å². The summed E-state index contributed by atoms with van der Waals surface area (Å²) in [5.41, 5.74) is -0.399. The Bertz CT molecular complexity index is 723. The third-order valence-corrected chi connectivity index (χ3v) is 4.04. The number of hydrogen-bond acceptors (Lipinski definition) is 6. The number of rotatable bonds is 4. The van der Waals surface area contributed by atoms with E-state index < -0.39 is 5.69 Å². The van der Waals surface area contributed by atoms with Gasteiger partial charge in [0, 0.05) is 24.9 Å². The van der Waals surface area contributed by atoms with Crippen molar-refractivity contribution in [3.05, 3.63) is 28.0 Å². The molecule has 9 nitrogen and oxygen atoms in total. The molecule has 2 aromatic heterocycles. The van der Waals surface area contributed by atoms with Crippen LogP contribution in [0.2, 0.25) is 0 Å². The van der Waals surface area contributed by atoms with Gasteiger partial charge >= 0.3 is 5.69 Å². The lowest BCUT2D eigenvalue weighted by atomic mass is 9.96. The summed E-state index contributed by atoms with van der Waals surface area (Å²) >= 11 is 0. The maximum absolute atomic E-state index is 12.2. The summed E-state index contributed by atoms with van der Waals surface area (Å²) in [5, 5.41) is 10.0. The second-order valence-corrected chi connectivity index (χ2v) is 6.10. The second kappa shape index (κ2) is 6.35. The van der Waals surface area contributed by atoms with Crippen LogP contribution in [-0.4, -0.2) is 49.2 Å². The number of H-pyrrole nitrogens is 2. The van der Waals surface area contributed by atoms with Crippen molar-refractivity contribution in [3.63, 3.8) is 0 Å². The molecule has 124 valence electrons. The maximum Gasteiger partial charge on any atom is 0.340 e. The van der Waals surface area contributed by atoms with Gasteiger partial charge in [-0.3, -0.25) is 9.78 Å². The number of nitrogens with zero attached hydrogens (tertiary/aromatic N) is 4. The third-order valence-electron chi connectivity index (χ3n) is 4.04. The fraction of sp³-hybridized carbons (Fsp3) is 0.643. The van der Waals surface area contributed by atoms with Crippen LogP contribution >= 0.6 is 0 Å². The van der Waals surface area contributed by atoms with Crippen molar-refractivity contribution in [3.8, 4) is 0 Å². The number of amides is 1. The lowest BCUT2D eigenvalue weighted by Gasteiger charge is -2.30. The predicted octanol–water partition coefficient (Wildman–Crippen LogP) is 0.553. The summed E-state index contributed by atoms with van der Waals surface area (Å²) in [6.45, 7) is 5.32. The topological polar surface area (TPSA) is 121 Å². The van der Waals surface area contributed by atoms with Crippen LogP contribution in [0.15, 0.2) is 9.32 Å². The predicted molar refractivity (Wildman–Crippen MR) is 79.9 cm³/mol. The van der Waals surface area contributed by atoms with E-state index in [1.54, 1.807) is 4.90 Å². The normalized spacial score (nSPS) is 16.2. The first-order valence-corrected chi connectivity index (χ1v) is 7.77. The number of aromatic amines is 2. The van der Waals surface area contributed by atoms with E-state index >= 15 is 0 Å². The highest BCUT2D eigenvalue weighted by atomic mass is 16.5. The first kappa shape index (κ1) is 15.4. The minimum absolute atomic E-state index is 0.0420. The van der Waals surface area contributed by atoms with Crippen molar-refractivity contribution in [1.29, 1.82) is 0 Å². The molecule has 0 radical (unpaired) electrons. The van der Waals surface area contributed by atoms with Gasteiger partial charge in [-0.15, -0.1) is 0 Å². The second-order valence-electron chi connectivity index (χ2n) is 6.10. The first-order valence-electron chi connectivity index (χ1n) is 7.77. The maximum atomic E-state index is 12.2. The van der Waals surface area contributed by atoms with Crippen molar-refractivity contribution in [2.24, 2.45) is 0 Å². The molecule has 0 saturated carbocycles. The molecule has 1 fully saturated rings. The van der Waals surface area contributed by atoms with Crippen LogP contribution in [0.25, 0.3) is 0 Å². The van der Waals surface area contributed by atoms with E-state index in [-0.39, 0.29) is 24.2 Å². The van der Waals surface area contributed by atoms with Crippen LogP contribution in [0.4, 0.5) is 0 Å². The molecule has 3 rings (SSSR count). The Kier molecular flexibility index (Phi) is 4.26. The van der Waals surface area contributed by atoms with Crippen molar-refractivity contribution >= 4 is 5.91 Å². The van der Waals surface area contributed by atoms with Crippen LogP contribution < -0.4 is 5.69 Å². The fourth-order valence-corrected chi connectivity index (χ4v) is 2.67. The molecule has 23 heavy (non-hydrogen) atoms. The average molecular weight is 320 g/mol. The quantitative estimate of drug-likeness (QED) is 0.848. The summed E-state index contributed by atoms with van der Waals surface area (Å²) in [4.78, 5) is 31.9. The standard InChI is InChI=1S/C14H20N6O3/c1-8(2)12-16-13(23-19-12)9-3-5-20(6-4-9)11(21)7-10-15-14(22)18-17-10/h8-9H,3-7H2,1-2H3,(H2,15,17,18,22). The minimum Gasteiger partial charge on any atom is -0.342 e. The van der Waals surface area contributed by atoms with E-state index in [9.17, 15) is 9.59 Å². The van der Waals surface area contributed by atoms with Gasteiger partial charge in [0.1, 0.15) is 5.82 Å². The molecule has 0 aromatic carbocycles. The minimum atomic E-state index is -0.399. The molecule has 3 heterocycles. The molecule has 0 atom stereocenters.